The molecule has 2 aromatic heterocycles. The van der Waals surface area contributed by atoms with Gasteiger partial charge in [-0.3, -0.25) is 9.78 Å². The lowest BCUT2D eigenvalue weighted by atomic mass is 10.2. The molecule has 0 aliphatic rings. The van der Waals surface area contributed by atoms with Gasteiger partial charge < -0.3 is 15.2 Å². The summed E-state index contributed by atoms with van der Waals surface area (Å²) in [5, 5.41) is 9.01. The Morgan fingerprint density at radius 2 is 1.96 bits per heavy atom. The molecular weight excluding hydrogens is 385 g/mol. The van der Waals surface area contributed by atoms with Crippen molar-refractivity contribution >= 4 is 34.7 Å². The second-order valence-corrected chi connectivity index (χ2v) is 5.96. The SMILES string of the molecule is Cc1cc(NC(=O)c2cncc(Nc3cc(C(F)(F)F)ccc3Cl)c2)no1. The molecule has 0 radical (unpaired) electrons. The summed E-state index contributed by atoms with van der Waals surface area (Å²) < 4.78 is 43.5. The van der Waals surface area contributed by atoms with Crippen LogP contribution in [0.3, 0.4) is 0 Å². The summed E-state index contributed by atoms with van der Waals surface area (Å²) in [6, 6.07) is 5.87. The van der Waals surface area contributed by atoms with Crippen molar-refractivity contribution < 1.29 is 22.5 Å². The van der Waals surface area contributed by atoms with Crippen molar-refractivity contribution in [3.63, 3.8) is 0 Å². The lowest BCUT2D eigenvalue weighted by Crippen LogP contribution is -2.12. The Labute approximate surface area is 156 Å². The molecule has 0 saturated heterocycles. The van der Waals surface area contributed by atoms with Gasteiger partial charge in [0.2, 0.25) is 0 Å². The van der Waals surface area contributed by atoms with Crippen molar-refractivity contribution in [2.75, 3.05) is 10.6 Å². The second kappa shape index (κ2) is 7.28. The van der Waals surface area contributed by atoms with Crippen LogP contribution in [-0.4, -0.2) is 16.0 Å². The van der Waals surface area contributed by atoms with Gasteiger partial charge in [0, 0.05) is 12.3 Å². The normalized spacial score (nSPS) is 11.3. The maximum Gasteiger partial charge on any atom is 0.416 e. The third-order valence-electron chi connectivity index (χ3n) is 3.44. The van der Waals surface area contributed by atoms with E-state index < -0.39 is 17.6 Å². The first-order valence-electron chi connectivity index (χ1n) is 7.56. The molecule has 10 heteroatoms. The highest BCUT2D eigenvalue weighted by molar-refractivity contribution is 6.33. The molecule has 2 heterocycles. The van der Waals surface area contributed by atoms with E-state index in [-0.39, 0.29) is 22.1 Å². The second-order valence-electron chi connectivity index (χ2n) is 5.56. The zero-order valence-electron chi connectivity index (χ0n) is 13.8. The summed E-state index contributed by atoms with van der Waals surface area (Å²) in [5.41, 5.74) is -0.348. The quantitative estimate of drug-likeness (QED) is 0.645. The van der Waals surface area contributed by atoms with Crippen molar-refractivity contribution in [2.24, 2.45) is 0 Å². The van der Waals surface area contributed by atoms with Crippen molar-refractivity contribution in [3.05, 3.63) is 64.6 Å². The standard InChI is InChI=1S/C17H12ClF3N4O2/c1-9-4-15(25-27-9)24-16(26)10-5-12(8-22-7-10)23-14-6-11(17(19,20)21)2-3-13(14)18/h2-8,23H,1H3,(H,24,25,26). The van der Waals surface area contributed by atoms with E-state index in [1.54, 1.807) is 6.92 Å². The number of halogens is 4. The summed E-state index contributed by atoms with van der Waals surface area (Å²) in [5.74, 6) is 0.254. The van der Waals surface area contributed by atoms with Crippen LogP contribution in [0, 0.1) is 6.92 Å². The van der Waals surface area contributed by atoms with Gasteiger partial charge in [0.1, 0.15) is 5.76 Å². The molecule has 0 bridgehead atoms. The minimum Gasteiger partial charge on any atom is -0.360 e. The van der Waals surface area contributed by atoms with Crippen LogP contribution in [0.4, 0.5) is 30.4 Å². The lowest BCUT2D eigenvalue weighted by Gasteiger charge is -2.12. The molecule has 0 spiro atoms. The molecule has 0 aliphatic heterocycles. The van der Waals surface area contributed by atoms with Gasteiger partial charge in [0.05, 0.1) is 33.7 Å². The van der Waals surface area contributed by atoms with E-state index >= 15 is 0 Å². The molecule has 0 unspecified atom stereocenters. The van der Waals surface area contributed by atoms with Gasteiger partial charge in [-0.1, -0.05) is 16.8 Å². The van der Waals surface area contributed by atoms with Crippen LogP contribution in [0.25, 0.3) is 0 Å². The molecule has 0 fully saturated rings. The topological polar surface area (TPSA) is 80.0 Å². The summed E-state index contributed by atoms with van der Waals surface area (Å²) in [6.07, 6.45) is -1.84. The zero-order valence-corrected chi connectivity index (χ0v) is 14.5. The number of carbonyl (C=O) groups is 1. The lowest BCUT2D eigenvalue weighted by molar-refractivity contribution is -0.137. The van der Waals surface area contributed by atoms with Gasteiger partial charge in [-0.2, -0.15) is 13.2 Å². The molecule has 140 valence electrons. The highest BCUT2D eigenvalue weighted by atomic mass is 35.5. The number of hydrogen-bond acceptors (Lipinski definition) is 5. The number of amides is 1. The first kappa shape index (κ1) is 18.7. The van der Waals surface area contributed by atoms with Gasteiger partial charge in [-0.05, 0) is 31.2 Å². The largest absolute Gasteiger partial charge is 0.416 e. The molecule has 6 nitrogen and oxygen atoms in total. The van der Waals surface area contributed by atoms with Crippen LogP contribution < -0.4 is 10.6 Å². The van der Waals surface area contributed by atoms with E-state index in [4.69, 9.17) is 16.1 Å². The number of rotatable bonds is 4. The summed E-state index contributed by atoms with van der Waals surface area (Å²) >= 11 is 5.96. The molecule has 27 heavy (non-hydrogen) atoms. The number of nitrogens with one attached hydrogen (secondary N) is 2. The average molecular weight is 397 g/mol. The predicted octanol–water partition coefficient (Wildman–Crippen LogP) is 5.05. The number of aromatic nitrogens is 2. The molecule has 3 aromatic rings. The predicted molar refractivity (Wildman–Crippen MR) is 93.2 cm³/mol. The van der Waals surface area contributed by atoms with Crippen LogP contribution in [-0.2, 0) is 6.18 Å². The molecule has 3 rings (SSSR count). The van der Waals surface area contributed by atoms with Crippen LogP contribution in [0.1, 0.15) is 21.7 Å². The smallest absolute Gasteiger partial charge is 0.360 e. The molecule has 0 aliphatic carbocycles. The number of anilines is 3. The number of carbonyl (C=O) groups excluding carboxylic acids is 1. The first-order chi connectivity index (χ1) is 12.7. The third kappa shape index (κ3) is 4.56. The Morgan fingerprint density at radius 1 is 1.19 bits per heavy atom. The molecule has 0 atom stereocenters. The molecule has 1 aromatic carbocycles. The Balaban J connectivity index is 1.81. The Bertz CT molecular complexity index is 988. The molecule has 0 saturated carbocycles. The number of nitrogens with zero attached hydrogens (tertiary/aromatic N) is 2. The number of hydrogen-bond donors (Lipinski definition) is 2. The number of pyridine rings is 1. The van der Waals surface area contributed by atoms with Crippen LogP contribution in [0.15, 0.2) is 47.2 Å². The van der Waals surface area contributed by atoms with E-state index in [1.165, 1.54) is 24.5 Å². The zero-order chi connectivity index (χ0) is 19.6. The Morgan fingerprint density at radius 3 is 2.63 bits per heavy atom. The fraction of sp³-hybridized carbons (Fsp3) is 0.118. The van der Waals surface area contributed by atoms with Gasteiger partial charge in [0.25, 0.3) is 5.91 Å². The fourth-order valence-corrected chi connectivity index (χ4v) is 2.36. The average Bonchev–Trinajstić information content (AvgIpc) is 3.01. The Hall–Kier alpha value is -3.07. The van der Waals surface area contributed by atoms with E-state index in [0.29, 0.717) is 11.4 Å². The number of alkyl halides is 3. The van der Waals surface area contributed by atoms with Crippen LogP contribution in [0.2, 0.25) is 5.02 Å². The summed E-state index contributed by atoms with van der Waals surface area (Å²) in [4.78, 5) is 16.2. The summed E-state index contributed by atoms with van der Waals surface area (Å²) in [6.45, 7) is 1.67. The van der Waals surface area contributed by atoms with Gasteiger partial charge in [-0.15, -0.1) is 0 Å². The molecular formula is C17H12ClF3N4O2. The van der Waals surface area contributed by atoms with Crippen molar-refractivity contribution in [2.45, 2.75) is 13.1 Å². The third-order valence-corrected chi connectivity index (χ3v) is 3.77. The highest BCUT2D eigenvalue weighted by Gasteiger charge is 2.31. The van der Waals surface area contributed by atoms with E-state index in [0.717, 1.165) is 18.2 Å². The van der Waals surface area contributed by atoms with Gasteiger partial charge >= 0.3 is 6.18 Å². The van der Waals surface area contributed by atoms with Crippen LogP contribution >= 0.6 is 11.6 Å². The van der Waals surface area contributed by atoms with E-state index in [1.807, 2.05) is 0 Å². The first-order valence-corrected chi connectivity index (χ1v) is 7.93. The van der Waals surface area contributed by atoms with Gasteiger partial charge in [-0.25, -0.2) is 0 Å². The Kier molecular flexibility index (Phi) is 5.04. The number of benzene rings is 1. The minimum atomic E-state index is -4.50. The highest BCUT2D eigenvalue weighted by Crippen LogP contribution is 2.35. The molecule has 1 amide bonds. The number of aryl methyl sites for hydroxylation is 1. The minimum absolute atomic E-state index is 0.0398. The maximum atomic E-state index is 12.9. The van der Waals surface area contributed by atoms with Crippen molar-refractivity contribution in [3.8, 4) is 0 Å². The monoisotopic (exact) mass is 396 g/mol. The van der Waals surface area contributed by atoms with E-state index in [9.17, 15) is 18.0 Å². The van der Waals surface area contributed by atoms with Crippen LogP contribution in [0.5, 0.6) is 0 Å². The van der Waals surface area contributed by atoms with Gasteiger partial charge in [0.15, 0.2) is 5.82 Å². The van der Waals surface area contributed by atoms with Crippen molar-refractivity contribution in [1.82, 2.24) is 10.1 Å². The maximum absolute atomic E-state index is 12.9. The fourth-order valence-electron chi connectivity index (χ4n) is 2.20. The molecule has 2 N–H and O–H groups in total. The van der Waals surface area contributed by atoms with Crippen molar-refractivity contribution in [1.29, 1.82) is 0 Å². The van der Waals surface area contributed by atoms with E-state index in [2.05, 4.69) is 20.8 Å². The summed E-state index contributed by atoms with van der Waals surface area (Å²) in [7, 11) is 0.